The lowest BCUT2D eigenvalue weighted by molar-refractivity contribution is -0.166. The molecule has 30 heavy (non-hydrogen) atoms. The second kappa shape index (κ2) is 7.77. The first-order valence-electron chi connectivity index (χ1n) is 10.2. The van der Waals surface area contributed by atoms with Crippen LogP contribution in [-0.2, 0) is 19.9 Å². The van der Waals surface area contributed by atoms with E-state index in [0.717, 1.165) is 16.7 Å². The Kier molecular flexibility index (Phi) is 5.29. The molecule has 4 rings (SSSR count). The van der Waals surface area contributed by atoms with Crippen molar-refractivity contribution in [1.82, 2.24) is 4.90 Å². The maximum atomic E-state index is 14.1. The van der Waals surface area contributed by atoms with Gasteiger partial charge in [0.15, 0.2) is 5.12 Å². The molecule has 1 amide bonds. The van der Waals surface area contributed by atoms with E-state index in [0.29, 0.717) is 0 Å². The molecule has 1 aliphatic rings. The topological polar surface area (TPSA) is 37.4 Å². The fourth-order valence-electron chi connectivity index (χ4n) is 4.79. The number of rotatable bonds is 5. The first-order chi connectivity index (χ1) is 14.5. The van der Waals surface area contributed by atoms with Gasteiger partial charge in [0, 0.05) is 13.0 Å². The molecule has 1 unspecified atom stereocenters. The van der Waals surface area contributed by atoms with Crippen molar-refractivity contribution in [2.75, 3.05) is 0 Å². The third-order valence-corrected chi connectivity index (χ3v) is 7.10. The minimum Gasteiger partial charge on any atom is -0.318 e. The lowest BCUT2D eigenvalue weighted by atomic mass is 9.58. The van der Waals surface area contributed by atoms with Crippen molar-refractivity contribution in [2.24, 2.45) is 0 Å². The highest BCUT2D eigenvalue weighted by Crippen LogP contribution is 2.66. The van der Waals surface area contributed by atoms with Gasteiger partial charge in [-0.15, -0.1) is 0 Å². The van der Waals surface area contributed by atoms with Gasteiger partial charge < -0.3 is 4.90 Å². The van der Waals surface area contributed by atoms with Crippen molar-refractivity contribution in [2.45, 2.75) is 37.1 Å². The summed E-state index contributed by atoms with van der Waals surface area (Å²) in [5.41, 5.74) is 1.75. The van der Waals surface area contributed by atoms with Crippen LogP contribution in [0.25, 0.3) is 0 Å². The molecule has 3 aromatic rings. The van der Waals surface area contributed by atoms with E-state index in [9.17, 15) is 9.59 Å². The molecule has 152 valence electrons. The van der Waals surface area contributed by atoms with E-state index in [2.05, 4.69) is 0 Å². The number of amides is 1. The lowest BCUT2D eigenvalue weighted by Gasteiger charge is -2.66. The zero-order chi connectivity index (χ0) is 21.4. The zero-order valence-electron chi connectivity index (χ0n) is 17.4. The number of carbonyl (C=O) groups is 2. The van der Waals surface area contributed by atoms with Crippen LogP contribution >= 0.6 is 11.8 Å². The molecule has 1 heterocycles. The molecule has 0 N–H and O–H groups in total. The van der Waals surface area contributed by atoms with Crippen LogP contribution in [0.2, 0.25) is 0 Å². The van der Waals surface area contributed by atoms with Crippen molar-refractivity contribution < 1.29 is 9.59 Å². The highest BCUT2D eigenvalue weighted by molar-refractivity contribution is 8.14. The molecular formula is C26H25NO2S. The van der Waals surface area contributed by atoms with Crippen molar-refractivity contribution in [3.63, 3.8) is 0 Å². The lowest BCUT2D eigenvalue weighted by Crippen LogP contribution is -2.78. The minimum absolute atomic E-state index is 0.0201. The van der Waals surface area contributed by atoms with E-state index in [1.54, 1.807) is 6.92 Å². The van der Waals surface area contributed by atoms with E-state index in [4.69, 9.17) is 0 Å². The van der Waals surface area contributed by atoms with Crippen LogP contribution in [0.1, 0.15) is 37.5 Å². The fraction of sp³-hybridized carbons (Fsp3) is 0.231. The molecule has 4 heteroatoms. The molecule has 0 radical (unpaired) electrons. The average molecular weight is 416 g/mol. The summed E-state index contributed by atoms with van der Waals surface area (Å²) in [4.78, 5) is 27.8. The van der Waals surface area contributed by atoms with E-state index in [1.807, 2.05) is 110 Å². The number of thioether (sulfide) groups is 1. The van der Waals surface area contributed by atoms with E-state index < -0.39 is 10.3 Å². The van der Waals surface area contributed by atoms with Crippen molar-refractivity contribution in [3.05, 3.63) is 108 Å². The number of benzene rings is 3. The minimum atomic E-state index is -1.00. The molecule has 1 aliphatic heterocycles. The molecule has 0 spiro atoms. The molecule has 1 fully saturated rings. The highest BCUT2D eigenvalue weighted by Gasteiger charge is 2.74. The summed E-state index contributed by atoms with van der Waals surface area (Å²) in [6.07, 6.45) is 0. The van der Waals surface area contributed by atoms with Crippen LogP contribution in [0.5, 0.6) is 0 Å². The smallest absolute Gasteiger partial charge is 0.243 e. The molecule has 0 aromatic heterocycles. The Morgan fingerprint density at radius 2 is 1.17 bits per heavy atom. The van der Waals surface area contributed by atoms with Gasteiger partial charge in [-0.1, -0.05) is 103 Å². The Morgan fingerprint density at radius 3 is 1.53 bits per heavy atom. The van der Waals surface area contributed by atoms with Crippen molar-refractivity contribution in [3.8, 4) is 0 Å². The summed E-state index contributed by atoms with van der Waals surface area (Å²) >= 11 is 1.24. The Balaban J connectivity index is 2.14. The summed E-state index contributed by atoms with van der Waals surface area (Å²) in [5.74, 6) is 0.0208. The van der Waals surface area contributed by atoms with Gasteiger partial charge in [0.25, 0.3) is 0 Å². The van der Waals surface area contributed by atoms with Gasteiger partial charge in [0.05, 0.1) is 0 Å². The van der Waals surface area contributed by atoms with Gasteiger partial charge >= 0.3 is 0 Å². The predicted octanol–water partition coefficient (Wildman–Crippen LogP) is 5.36. The second-order valence-electron chi connectivity index (χ2n) is 7.85. The van der Waals surface area contributed by atoms with Gasteiger partial charge in [-0.2, -0.15) is 0 Å². The standard InChI is InChI=1S/C26H25NO2S/c1-19(2)27-24(29)25(21-13-7-4-8-14-21,22-15-9-5-10-16-22)26(27,30-20(3)28)23-17-11-6-12-18-23/h4-19H,1-3H3. The molecule has 0 saturated carbocycles. The maximum Gasteiger partial charge on any atom is 0.243 e. The van der Waals surface area contributed by atoms with Crippen LogP contribution < -0.4 is 0 Å². The largest absolute Gasteiger partial charge is 0.318 e. The first kappa shape index (κ1) is 20.4. The monoisotopic (exact) mass is 415 g/mol. The van der Waals surface area contributed by atoms with Gasteiger partial charge in [0.1, 0.15) is 10.3 Å². The predicted molar refractivity (Wildman–Crippen MR) is 122 cm³/mol. The molecule has 1 atom stereocenters. The number of carbonyl (C=O) groups excluding carboxylic acids is 2. The number of hydrogen-bond acceptors (Lipinski definition) is 3. The van der Waals surface area contributed by atoms with E-state index >= 15 is 0 Å². The summed E-state index contributed by atoms with van der Waals surface area (Å²) in [6, 6.07) is 29.6. The van der Waals surface area contributed by atoms with Crippen LogP contribution in [0.4, 0.5) is 0 Å². The van der Waals surface area contributed by atoms with Gasteiger partial charge in [0.2, 0.25) is 5.91 Å². The summed E-state index contributed by atoms with van der Waals surface area (Å²) in [6.45, 7) is 5.60. The number of nitrogens with zero attached hydrogens (tertiary/aromatic N) is 1. The number of β-lactam (4-membered cyclic amide) rings is 1. The molecule has 3 nitrogen and oxygen atoms in total. The fourth-order valence-corrected chi connectivity index (χ4v) is 6.33. The van der Waals surface area contributed by atoms with Crippen molar-refractivity contribution in [1.29, 1.82) is 0 Å². The normalized spacial score (nSPS) is 20.1. The molecule has 3 aromatic carbocycles. The summed E-state index contributed by atoms with van der Waals surface area (Å²) < 4.78 is 0. The Morgan fingerprint density at radius 1 is 0.767 bits per heavy atom. The molecule has 0 aliphatic carbocycles. The van der Waals surface area contributed by atoms with Gasteiger partial charge in [-0.25, -0.2) is 0 Å². The Bertz CT molecular complexity index is 1010. The molecule has 0 bridgehead atoms. The first-order valence-corrected chi connectivity index (χ1v) is 11.0. The van der Waals surface area contributed by atoms with E-state index in [1.165, 1.54) is 11.8 Å². The second-order valence-corrected chi connectivity index (χ2v) is 9.22. The number of likely N-dealkylation sites (tertiary alicyclic amines) is 1. The quantitative estimate of drug-likeness (QED) is 0.527. The molecular weight excluding hydrogens is 390 g/mol. The summed E-state index contributed by atoms with van der Waals surface area (Å²) in [7, 11) is 0. The van der Waals surface area contributed by atoms with Crippen LogP contribution in [0.15, 0.2) is 91.0 Å². The highest BCUT2D eigenvalue weighted by atomic mass is 32.2. The van der Waals surface area contributed by atoms with Crippen molar-refractivity contribution >= 4 is 22.8 Å². The molecule has 1 saturated heterocycles. The van der Waals surface area contributed by atoms with Gasteiger partial charge in [-0.3, -0.25) is 9.59 Å². The van der Waals surface area contributed by atoms with E-state index in [-0.39, 0.29) is 17.1 Å². The van der Waals surface area contributed by atoms with Crippen LogP contribution in [0.3, 0.4) is 0 Å². The van der Waals surface area contributed by atoms with Crippen LogP contribution in [-0.4, -0.2) is 22.0 Å². The Labute approximate surface area is 182 Å². The third-order valence-electron chi connectivity index (χ3n) is 5.77. The maximum absolute atomic E-state index is 14.1. The average Bonchev–Trinajstić information content (AvgIpc) is 2.75. The Hall–Kier alpha value is -2.85. The number of hydrogen-bond donors (Lipinski definition) is 0. The SMILES string of the molecule is CC(=O)SC1(c2ccccc2)N(C(C)C)C(=O)C1(c1ccccc1)c1ccccc1. The van der Waals surface area contributed by atoms with Gasteiger partial charge in [-0.05, 0) is 30.5 Å². The zero-order valence-corrected chi connectivity index (χ0v) is 18.2. The third kappa shape index (κ3) is 2.74. The summed E-state index contributed by atoms with van der Waals surface area (Å²) in [5, 5.41) is -0.0201. The van der Waals surface area contributed by atoms with Crippen LogP contribution in [0, 0.1) is 0 Å².